The number of amides is 2. The van der Waals surface area contributed by atoms with Crippen molar-refractivity contribution in [2.24, 2.45) is 4.99 Å². The summed E-state index contributed by atoms with van der Waals surface area (Å²) < 4.78 is 0. The average Bonchev–Trinajstić information content (AvgIpc) is 2.63. The Hall–Kier alpha value is -1.49. The highest BCUT2D eigenvalue weighted by atomic mass is 32.2. The number of rotatable bonds is 3. The van der Waals surface area contributed by atoms with Crippen molar-refractivity contribution in [1.82, 2.24) is 4.90 Å². The lowest BCUT2D eigenvalue weighted by atomic mass is 9.80. The van der Waals surface area contributed by atoms with E-state index in [1.54, 1.807) is 16.7 Å². The number of aliphatic imine (C=N–C) groups is 1. The molecule has 0 atom stereocenters. The van der Waals surface area contributed by atoms with Gasteiger partial charge in [-0.3, -0.25) is 9.89 Å². The Kier molecular flexibility index (Phi) is 6.28. The number of nitrogens with zero attached hydrogens (tertiary/aromatic N) is 2. The maximum atomic E-state index is 12.9. The number of benzene rings is 1. The van der Waals surface area contributed by atoms with E-state index in [-0.39, 0.29) is 11.6 Å². The van der Waals surface area contributed by atoms with Crippen LogP contribution in [0.4, 0.5) is 10.5 Å². The zero-order valence-electron chi connectivity index (χ0n) is 16.3. The number of carbonyl (C=O) groups excluding carboxylic acids is 1. The Morgan fingerprint density at radius 1 is 1.19 bits per heavy atom. The van der Waals surface area contributed by atoms with Gasteiger partial charge in [-0.05, 0) is 49.8 Å². The highest BCUT2D eigenvalue weighted by Crippen LogP contribution is 2.39. The van der Waals surface area contributed by atoms with Gasteiger partial charge in [0.05, 0.1) is 5.54 Å². The van der Waals surface area contributed by atoms with Crippen molar-refractivity contribution in [2.45, 2.75) is 70.8 Å². The SMILES string of the molecule is CCN(C(=O)Nc1ccc(C(C)C)cc1)C1=NC2(CCCCC2)CCS1. The monoisotopic (exact) mass is 373 g/mol. The summed E-state index contributed by atoms with van der Waals surface area (Å²) in [6.07, 6.45) is 7.35. The number of anilines is 1. The van der Waals surface area contributed by atoms with E-state index >= 15 is 0 Å². The first-order chi connectivity index (χ1) is 12.5. The van der Waals surface area contributed by atoms with Gasteiger partial charge < -0.3 is 5.32 Å². The van der Waals surface area contributed by atoms with Gasteiger partial charge in [-0.1, -0.05) is 57.0 Å². The second-order valence-corrected chi connectivity index (χ2v) is 8.79. The second kappa shape index (κ2) is 8.47. The van der Waals surface area contributed by atoms with Crippen molar-refractivity contribution in [3.05, 3.63) is 29.8 Å². The maximum absolute atomic E-state index is 12.9. The molecule has 1 fully saturated rings. The summed E-state index contributed by atoms with van der Waals surface area (Å²) in [5, 5.41) is 3.94. The Morgan fingerprint density at radius 2 is 1.88 bits per heavy atom. The van der Waals surface area contributed by atoms with Crippen molar-refractivity contribution in [2.75, 3.05) is 17.6 Å². The van der Waals surface area contributed by atoms with E-state index in [0.29, 0.717) is 12.5 Å². The fourth-order valence-corrected chi connectivity index (χ4v) is 5.13. The third-order valence-corrected chi connectivity index (χ3v) is 6.51. The zero-order chi connectivity index (χ0) is 18.6. The maximum Gasteiger partial charge on any atom is 0.327 e. The van der Waals surface area contributed by atoms with Crippen LogP contribution in [0.5, 0.6) is 0 Å². The summed E-state index contributed by atoms with van der Waals surface area (Å²) in [4.78, 5) is 19.7. The lowest BCUT2D eigenvalue weighted by molar-refractivity contribution is 0.234. The van der Waals surface area contributed by atoms with E-state index < -0.39 is 0 Å². The summed E-state index contributed by atoms with van der Waals surface area (Å²) in [5.74, 6) is 1.55. The molecule has 0 unspecified atom stereocenters. The van der Waals surface area contributed by atoms with E-state index in [4.69, 9.17) is 4.99 Å². The van der Waals surface area contributed by atoms with E-state index in [1.165, 1.54) is 37.7 Å². The molecule has 0 saturated heterocycles. The molecule has 3 rings (SSSR count). The predicted molar refractivity (Wildman–Crippen MR) is 112 cm³/mol. The highest BCUT2D eigenvalue weighted by Gasteiger charge is 2.36. The number of hydrogen-bond donors (Lipinski definition) is 1. The van der Waals surface area contributed by atoms with Crippen molar-refractivity contribution < 1.29 is 4.79 Å². The molecular weight excluding hydrogens is 342 g/mol. The van der Waals surface area contributed by atoms with Crippen LogP contribution in [0.1, 0.15) is 70.8 Å². The summed E-state index contributed by atoms with van der Waals surface area (Å²) in [5.41, 5.74) is 2.21. The first-order valence-corrected chi connectivity index (χ1v) is 10.9. The second-order valence-electron chi connectivity index (χ2n) is 7.73. The topological polar surface area (TPSA) is 44.7 Å². The minimum Gasteiger partial charge on any atom is -0.307 e. The van der Waals surface area contributed by atoms with Gasteiger partial charge >= 0.3 is 6.03 Å². The highest BCUT2D eigenvalue weighted by molar-refractivity contribution is 8.13. The smallest absolute Gasteiger partial charge is 0.307 e. The molecular formula is C21H31N3OS. The van der Waals surface area contributed by atoms with Crippen LogP contribution in [0.25, 0.3) is 0 Å². The number of thioether (sulfide) groups is 1. The van der Waals surface area contributed by atoms with Gasteiger partial charge in [0.2, 0.25) is 0 Å². The molecule has 5 heteroatoms. The molecule has 1 aromatic carbocycles. The van der Waals surface area contributed by atoms with Crippen LogP contribution in [-0.4, -0.2) is 33.9 Å². The Balaban J connectivity index is 1.72. The molecule has 1 aromatic rings. The molecule has 26 heavy (non-hydrogen) atoms. The fraction of sp³-hybridized carbons (Fsp3) is 0.619. The first kappa shape index (κ1) is 19.3. The zero-order valence-corrected chi connectivity index (χ0v) is 17.1. The molecule has 1 heterocycles. The van der Waals surface area contributed by atoms with Crippen molar-refractivity contribution >= 4 is 28.6 Å². The Labute approximate surface area is 161 Å². The molecule has 1 aliphatic carbocycles. The van der Waals surface area contributed by atoms with Crippen LogP contribution in [-0.2, 0) is 0 Å². The Morgan fingerprint density at radius 3 is 2.50 bits per heavy atom. The van der Waals surface area contributed by atoms with Crippen molar-refractivity contribution in [3.63, 3.8) is 0 Å². The fourth-order valence-electron chi connectivity index (χ4n) is 3.84. The minimum absolute atomic E-state index is 0.0797. The first-order valence-electron chi connectivity index (χ1n) is 9.94. The third-order valence-electron chi connectivity index (χ3n) is 5.54. The van der Waals surface area contributed by atoms with Crippen LogP contribution in [0, 0.1) is 0 Å². The lowest BCUT2D eigenvalue weighted by Crippen LogP contribution is -2.43. The molecule has 1 saturated carbocycles. The molecule has 1 spiro atoms. The largest absolute Gasteiger partial charge is 0.327 e. The third kappa shape index (κ3) is 4.43. The van der Waals surface area contributed by atoms with Crippen molar-refractivity contribution in [3.8, 4) is 0 Å². The van der Waals surface area contributed by atoms with Gasteiger partial charge in [-0.2, -0.15) is 0 Å². The summed E-state index contributed by atoms with van der Waals surface area (Å²) >= 11 is 1.72. The molecule has 0 radical (unpaired) electrons. The van der Waals surface area contributed by atoms with Gasteiger partial charge in [0, 0.05) is 18.0 Å². The quantitative estimate of drug-likeness (QED) is 0.721. The van der Waals surface area contributed by atoms with E-state index in [0.717, 1.165) is 23.0 Å². The van der Waals surface area contributed by atoms with Crippen LogP contribution in [0.3, 0.4) is 0 Å². The minimum atomic E-state index is -0.0797. The molecule has 4 nitrogen and oxygen atoms in total. The molecule has 2 aliphatic rings. The van der Waals surface area contributed by atoms with E-state index in [9.17, 15) is 4.79 Å². The van der Waals surface area contributed by atoms with Gasteiger partial charge in [-0.25, -0.2) is 4.79 Å². The summed E-state index contributed by atoms with van der Waals surface area (Å²) in [7, 11) is 0. The van der Waals surface area contributed by atoms with E-state index in [1.807, 2.05) is 19.1 Å². The number of nitrogens with one attached hydrogen (secondary N) is 1. The lowest BCUT2D eigenvalue weighted by Gasteiger charge is -2.38. The Bertz CT molecular complexity index is 648. The molecule has 0 bridgehead atoms. The molecule has 142 valence electrons. The standard InChI is InChI=1S/C21H31N3OS/c1-4-24(19(25)22-18-10-8-17(9-11-18)16(2)3)20-23-21(14-15-26-20)12-6-5-7-13-21/h8-11,16H,4-7,12-15H2,1-3H3,(H,22,25). The number of amidine groups is 1. The van der Waals surface area contributed by atoms with Crippen LogP contribution in [0.15, 0.2) is 29.3 Å². The number of carbonyl (C=O) groups is 1. The molecule has 0 aromatic heterocycles. The van der Waals surface area contributed by atoms with Gasteiger partial charge in [0.1, 0.15) is 0 Å². The van der Waals surface area contributed by atoms with Crippen LogP contribution < -0.4 is 5.32 Å². The van der Waals surface area contributed by atoms with E-state index in [2.05, 4.69) is 31.3 Å². The summed E-state index contributed by atoms with van der Waals surface area (Å²) in [6, 6.07) is 8.06. The summed E-state index contributed by atoms with van der Waals surface area (Å²) in [6.45, 7) is 7.00. The van der Waals surface area contributed by atoms with Gasteiger partial charge in [0.15, 0.2) is 5.17 Å². The molecule has 2 amide bonds. The average molecular weight is 374 g/mol. The number of urea groups is 1. The predicted octanol–water partition coefficient (Wildman–Crippen LogP) is 5.86. The number of hydrogen-bond acceptors (Lipinski definition) is 3. The van der Waals surface area contributed by atoms with Gasteiger partial charge in [0.25, 0.3) is 0 Å². The van der Waals surface area contributed by atoms with Gasteiger partial charge in [-0.15, -0.1) is 0 Å². The van der Waals surface area contributed by atoms with Crippen LogP contribution in [0.2, 0.25) is 0 Å². The molecule has 1 N–H and O–H groups in total. The van der Waals surface area contributed by atoms with Crippen molar-refractivity contribution in [1.29, 1.82) is 0 Å². The molecule has 1 aliphatic heterocycles. The normalized spacial score (nSPS) is 19.3. The van der Waals surface area contributed by atoms with Crippen LogP contribution >= 0.6 is 11.8 Å².